The van der Waals surface area contributed by atoms with E-state index < -0.39 is 26.6 Å². The topological polar surface area (TPSA) is 108 Å². The maximum absolute atomic E-state index is 12.8. The van der Waals surface area contributed by atoms with Crippen LogP contribution in [0.25, 0.3) is 0 Å². The Morgan fingerprint density at radius 1 is 0.600 bits per heavy atom. The fourth-order valence-corrected chi connectivity index (χ4v) is 6.78. The molecule has 0 aliphatic carbocycles. The monoisotopic (exact) mass is 857 g/mol. The second-order valence-electron chi connectivity index (χ2n) is 16.7. The van der Waals surface area contributed by atoms with E-state index in [4.69, 9.17) is 9.05 Å². The van der Waals surface area contributed by atoms with Crippen molar-refractivity contribution < 1.29 is 32.9 Å². The third kappa shape index (κ3) is 43.5. The van der Waals surface area contributed by atoms with Crippen LogP contribution in [0, 0.1) is 0 Å². The van der Waals surface area contributed by atoms with Crippen molar-refractivity contribution in [3.8, 4) is 0 Å². The number of allylic oxidation sites excluding steroid dienone is 15. The molecule has 0 spiro atoms. The Hall–Kier alpha value is -2.58. The second-order valence-corrected chi connectivity index (χ2v) is 18.1. The van der Waals surface area contributed by atoms with Crippen LogP contribution in [0.4, 0.5) is 0 Å². The van der Waals surface area contributed by atoms with Crippen LogP contribution in [0.2, 0.25) is 0 Å². The Labute approximate surface area is 369 Å². The summed E-state index contributed by atoms with van der Waals surface area (Å²) in [4.78, 5) is 25.2. The van der Waals surface area contributed by atoms with E-state index in [1.165, 1.54) is 64.2 Å². The summed E-state index contributed by atoms with van der Waals surface area (Å²) in [5, 5.41) is 13.6. The van der Waals surface area contributed by atoms with E-state index >= 15 is 0 Å². The first-order chi connectivity index (χ1) is 29.0. The predicted molar refractivity (Wildman–Crippen MR) is 256 cm³/mol. The summed E-state index contributed by atoms with van der Waals surface area (Å²) < 4.78 is 23.1. The maximum atomic E-state index is 12.8. The van der Waals surface area contributed by atoms with Crippen molar-refractivity contribution in [1.82, 2.24) is 5.32 Å². The van der Waals surface area contributed by atoms with E-state index in [0.29, 0.717) is 17.4 Å². The van der Waals surface area contributed by atoms with Gasteiger partial charge in [0.1, 0.15) is 13.2 Å². The Bertz CT molecular complexity index is 1290. The lowest BCUT2D eigenvalue weighted by Crippen LogP contribution is -2.45. The highest BCUT2D eigenvalue weighted by Gasteiger charge is 2.23. The molecular weight excluding hydrogens is 768 g/mol. The van der Waals surface area contributed by atoms with E-state index in [2.05, 4.69) is 104 Å². The van der Waals surface area contributed by atoms with Gasteiger partial charge in [-0.05, 0) is 77.0 Å². The zero-order valence-electron chi connectivity index (χ0n) is 38.9. The molecule has 3 atom stereocenters. The number of phosphoric ester groups is 1. The Kier molecular flexibility index (Phi) is 40.0. The zero-order valence-corrected chi connectivity index (χ0v) is 39.8. The molecule has 2 N–H and O–H groups in total. The number of amides is 1. The summed E-state index contributed by atoms with van der Waals surface area (Å²) in [6, 6.07) is -0.906. The van der Waals surface area contributed by atoms with Crippen molar-refractivity contribution in [2.24, 2.45) is 0 Å². The lowest BCUT2D eigenvalue weighted by molar-refractivity contribution is -0.870. The fraction of sp³-hybridized carbons (Fsp3) is 0.667. The first-order valence-corrected chi connectivity index (χ1v) is 25.1. The minimum atomic E-state index is -4.59. The summed E-state index contributed by atoms with van der Waals surface area (Å²) in [5.74, 6) is -0.220. The van der Waals surface area contributed by atoms with Gasteiger partial charge in [-0.2, -0.15) is 0 Å². The third-order valence-corrected chi connectivity index (χ3v) is 10.7. The Morgan fingerprint density at radius 3 is 1.53 bits per heavy atom. The van der Waals surface area contributed by atoms with Crippen LogP contribution in [0.15, 0.2) is 97.2 Å². The van der Waals surface area contributed by atoms with Gasteiger partial charge < -0.3 is 28.8 Å². The van der Waals surface area contributed by atoms with Gasteiger partial charge in [0.05, 0.1) is 39.9 Å². The number of hydrogen-bond donors (Lipinski definition) is 2. The number of hydrogen-bond acceptors (Lipinski definition) is 6. The van der Waals surface area contributed by atoms with Gasteiger partial charge in [-0.1, -0.05) is 182 Å². The number of aliphatic hydroxyl groups excluding tert-OH is 1. The molecule has 0 radical (unpaired) electrons. The van der Waals surface area contributed by atoms with Crippen LogP contribution in [-0.4, -0.2) is 68.5 Å². The molecule has 0 heterocycles. The van der Waals surface area contributed by atoms with Crippen molar-refractivity contribution in [3.63, 3.8) is 0 Å². The molecule has 60 heavy (non-hydrogen) atoms. The molecule has 0 aromatic carbocycles. The molecule has 0 aliphatic rings. The van der Waals surface area contributed by atoms with Crippen LogP contribution in [0.3, 0.4) is 0 Å². The van der Waals surface area contributed by atoms with Gasteiger partial charge in [-0.15, -0.1) is 0 Å². The number of rotatable bonds is 41. The van der Waals surface area contributed by atoms with Gasteiger partial charge in [-0.25, -0.2) is 0 Å². The first-order valence-electron chi connectivity index (χ1n) is 23.6. The summed E-state index contributed by atoms with van der Waals surface area (Å²) in [5.41, 5.74) is 0. The second kappa shape index (κ2) is 41.8. The molecular formula is C51H89N2O6P. The molecule has 1 amide bonds. The SMILES string of the molecule is CC/C=C\C/C=C\C/C=C\C/C=C\C/C=C\C/C=C\CCCCCCCCCCCCCCC(=O)NC(COP(=O)([O-])OCC[N+](C)(C)C)C(O)/C=C/CC/C=C/CCC. The quantitative estimate of drug-likeness (QED) is 0.0274. The van der Waals surface area contributed by atoms with Crippen molar-refractivity contribution in [1.29, 1.82) is 0 Å². The highest BCUT2D eigenvalue weighted by molar-refractivity contribution is 7.45. The molecule has 0 aromatic rings. The lowest BCUT2D eigenvalue weighted by Gasteiger charge is -2.29. The molecule has 8 nitrogen and oxygen atoms in total. The van der Waals surface area contributed by atoms with Crippen molar-refractivity contribution in [2.45, 2.75) is 180 Å². The van der Waals surface area contributed by atoms with Crippen LogP contribution in [0.5, 0.6) is 0 Å². The molecule has 9 heteroatoms. The number of phosphoric acid groups is 1. The summed E-state index contributed by atoms with van der Waals surface area (Å²) in [6.45, 7) is 4.37. The maximum Gasteiger partial charge on any atom is 0.268 e. The predicted octanol–water partition coefficient (Wildman–Crippen LogP) is 12.9. The highest BCUT2D eigenvalue weighted by Crippen LogP contribution is 2.38. The van der Waals surface area contributed by atoms with Crippen LogP contribution < -0.4 is 10.2 Å². The van der Waals surface area contributed by atoms with E-state index in [1.54, 1.807) is 6.08 Å². The normalized spacial score (nSPS) is 15.1. The van der Waals surface area contributed by atoms with Crippen molar-refractivity contribution in [2.75, 3.05) is 40.9 Å². The standard InChI is InChI=1S/C51H89N2O6P/c1-6-8-10-12-14-15-16-17-18-19-20-21-22-23-24-25-26-27-28-29-30-31-32-33-34-35-36-37-39-41-43-45-51(55)52-49(50(54)44-42-40-38-13-11-9-7-2)48-59-60(56,57)58-47-46-53(3,4)5/h8,10-11,13-15,17-18,20-21,23-24,26-27,42,44,49-50,54H,6-7,9,12,16,19,22,25,28-41,43,45-48H2,1-5H3,(H-,52,55,56,57)/b10-8-,13-11+,15-14-,18-17-,21-20-,24-23-,27-26-,44-42+. The minimum absolute atomic E-state index is 0.0118. The van der Waals surface area contributed by atoms with E-state index in [0.717, 1.165) is 83.5 Å². The number of quaternary nitrogens is 1. The van der Waals surface area contributed by atoms with Gasteiger partial charge >= 0.3 is 0 Å². The van der Waals surface area contributed by atoms with Gasteiger partial charge in [0, 0.05) is 6.42 Å². The zero-order chi connectivity index (χ0) is 44.3. The summed E-state index contributed by atoms with van der Waals surface area (Å²) in [6.07, 6.45) is 59.3. The lowest BCUT2D eigenvalue weighted by atomic mass is 10.0. The fourth-order valence-electron chi connectivity index (χ4n) is 6.06. The van der Waals surface area contributed by atoms with Gasteiger partial charge in [0.15, 0.2) is 0 Å². The molecule has 0 aliphatic heterocycles. The van der Waals surface area contributed by atoms with Gasteiger partial charge in [-0.3, -0.25) is 9.36 Å². The smallest absolute Gasteiger partial charge is 0.268 e. The average Bonchev–Trinajstić information content (AvgIpc) is 3.20. The molecule has 344 valence electrons. The summed E-state index contributed by atoms with van der Waals surface area (Å²) >= 11 is 0. The largest absolute Gasteiger partial charge is 0.756 e. The molecule has 0 saturated heterocycles. The first kappa shape index (κ1) is 57.4. The molecule has 0 aromatic heterocycles. The number of carbonyl (C=O) groups excluding carboxylic acids is 1. The van der Waals surface area contributed by atoms with E-state index in [9.17, 15) is 19.4 Å². The van der Waals surface area contributed by atoms with Crippen molar-refractivity contribution >= 4 is 13.7 Å². The molecule has 0 saturated carbocycles. The molecule has 0 bridgehead atoms. The number of nitrogens with zero attached hydrogens (tertiary/aromatic N) is 1. The third-order valence-electron chi connectivity index (χ3n) is 9.76. The van der Waals surface area contributed by atoms with E-state index in [1.807, 2.05) is 27.2 Å². The number of carbonyl (C=O) groups is 1. The number of unbranched alkanes of at least 4 members (excludes halogenated alkanes) is 14. The van der Waals surface area contributed by atoms with Crippen LogP contribution in [0.1, 0.15) is 168 Å². The Morgan fingerprint density at radius 2 is 1.03 bits per heavy atom. The molecule has 0 fully saturated rings. The van der Waals surface area contributed by atoms with Crippen LogP contribution in [-0.2, 0) is 18.4 Å². The number of likely N-dealkylation sites (N-methyl/N-ethyl adjacent to an activating group) is 1. The number of aliphatic hydroxyl groups is 1. The van der Waals surface area contributed by atoms with Gasteiger partial charge in [0.25, 0.3) is 7.82 Å². The highest BCUT2D eigenvalue weighted by atomic mass is 31.2. The minimum Gasteiger partial charge on any atom is -0.756 e. The molecule has 3 unspecified atom stereocenters. The van der Waals surface area contributed by atoms with Crippen LogP contribution >= 0.6 is 7.82 Å². The average molecular weight is 857 g/mol. The Balaban J connectivity index is 4.05. The van der Waals surface area contributed by atoms with Crippen molar-refractivity contribution in [3.05, 3.63) is 97.2 Å². The van der Waals surface area contributed by atoms with Gasteiger partial charge in [0.2, 0.25) is 5.91 Å². The number of nitrogens with one attached hydrogen (secondary N) is 1. The summed E-state index contributed by atoms with van der Waals surface area (Å²) in [7, 11) is 1.22. The molecule has 0 rings (SSSR count). The van der Waals surface area contributed by atoms with E-state index in [-0.39, 0.29) is 12.5 Å².